The summed E-state index contributed by atoms with van der Waals surface area (Å²) in [6.45, 7) is 8.20. The van der Waals surface area contributed by atoms with Crippen LogP contribution in [0.15, 0.2) is 30.3 Å². The average molecular weight is 538 g/mol. The Morgan fingerprint density at radius 2 is 1.87 bits per heavy atom. The Labute approximate surface area is 229 Å². The number of aliphatic hydroxyl groups is 1. The van der Waals surface area contributed by atoms with E-state index in [-0.39, 0.29) is 24.3 Å². The van der Waals surface area contributed by atoms with Crippen LogP contribution in [0, 0.1) is 0 Å². The number of hydrogen-bond donors (Lipinski definition) is 3. The zero-order valence-electron chi connectivity index (χ0n) is 22.6. The smallest absolute Gasteiger partial charge is 0.228 e. The van der Waals surface area contributed by atoms with Crippen molar-refractivity contribution in [2.75, 3.05) is 75.8 Å². The molecular weight excluding hydrogens is 498 g/mol. The van der Waals surface area contributed by atoms with Gasteiger partial charge in [0.25, 0.3) is 0 Å². The van der Waals surface area contributed by atoms with Crippen LogP contribution in [0.25, 0.3) is 0 Å². The van der Waals surface area contributed by atoms with Crippen LogP contribution in [0.4, 0.5) is 11.8 Å². The summed E-state index contributed by atoms with van der Waals surface area (Å²) in [4.78, 5) is 40.6. The third-order valence-electron chi connectivity index (χ3n) is 7.55. The summed E-state index contributed by atoms with van der Waals surface area (Å²) in [6.07, 6.45) is 0.895. The maximum absolute atomic E-state index is 13.1. The first-order valence-electron chi connectivity index (χ1n) is 14.0. The highest BCUT2D eigenvalue weighted by molar-refractivity contribution is 5.96. The van der Waals surface area contributed by atoms with Gasteiger partial charge in [0.05, 0.1) is 31.9 Å². The second-order valence-corrected chi connectivity index (χ2v) is 10.5. The number of carbonyl (C=O) groups is 2. The molecule has 0 saturated carbocycles. The number of ether oxygens (including phenoxy) is 1. The zero-order valence-corrected chi connectivity index (χ0v) is 22.6. The Kier molecular flexibility index (Phi) is 9.02. The second-order valence-electron chi connectivity index (χ2n) is 10.5. The van der Waals surface area contributed by atoms with Crippen molar-refractivity contribution < 1.29 is 19.4 Å². The van der Waals surface area contributed by atoms with Crippen LogP contribution in [0.3, 0.4) is 0 Å². The van der Waals surface area contributed by atoms with E-state index in [1.807, 2.05) is 16.7 Å². The summed E-state index contributed by atoms with van der Waals surface area (Å²) in [5.74, 6) is 1.06. The van der Waals surface area contributed by atoms with Crippen LogP contribution in [0.1, 0.15) is 35.0 Å². The van der Waals surface area contributed by atoms with E-state index < -0.39 is 6.10 Å². The van der Waals surface area contributed by atoms with Crippen LogP contribution in [-0.2, 0) is 22.5 Å². The van der Waals surface area contributed by atoms with Crippen molar-refractivity contribution in [2.45, 2.75) is 38.5 Å². The fourth-order valence-electron chi connectivity index (χ4n) is 5.22. The molecule has 39 heavy (non-hydrogen) atoms. The van der Waals surface area contributed by atoms with Crippen LogP contribution in [0.2, 0.25) is 0 Å². The van der Waals surface area contributed by atoms with E-state index in [4.69, 9.17) is 4.74 Å². The van der Waals surface area contributed by atoms with E-state index in [9.17, 15) is 14.7 Å². The fraction of sp³-hybridized carbons (Fsp3) is 0.571. The summed E-state index contributed by atoms with van der Waals surface area (Å²) >= 11 is 0. The van der Waals surface area contributed by atoms with Crippen molar-refractivity contribution in [3.8, 4) is 0 Å². The number of fused-ring (bicyclic) bond motifs is 1. The van der Waals surface area contributed by atoms with E-state index in [0.29, 0.717) is 76.4 Å². The van der Waals surface area contributed by atoms with Crippen molar-refractivity contribution >= 4 is 23.5 Å². The minimum absolute atomic E-state index is 0.0705. The minimum atomic E-state index is -0.581. The van der Waals surface area contributed by atoms with Crippen molar-refractivity contribution in [2.24, 2.45) is 0 Å². The van der Waals surface area contributed by atoms with Gasteiger partial charge in [-0.1, -0.05) is 31.2 Å². The Bertz CT molecular complexity index is 1150. The number of ketones is 1. The highest BCUT2D eigenvalue weighted by Crippen LogP contribution is 2.20. The van der Waals surface area contributed by atoms with Gasteiger partial charge in [0.1, 0.15) is 11.5 Å². The predicted octanol–water partition coefficient (Wildman–Crippen LogP) is 0.537. The number of aliphatic hydroxyl groups excluding tert-OH is 1. The number of nitrogens with zero attached hydrogens (tertiary/aromatic N) is 5. The molecule has 1 atom stereocenters. The normalized spacial score (nSPS) is 18.8. The van der Waals surface area contributed by atoms with E-state index in [1.54, 1.807) is 6.07 Å². The van der Waals surface area contributed by atoms with Crippen molar-refractivity contribution in [3.05, 3.63) is 47.2 Å². The van der Waals surface area contributed by atoms with Gasteiger partial charge >= 0.3 is 0 Å². The van der Waals surface area contributed by atoms with Gasteiger partial charge in [-0.3, -0.25) is 14.5 Å². The van der Waals surface area contributed by atoms with Gasteiger partial charge in [0.15, 0.2) is 5.78 Å². The molecule has 210 valence electrons. The number of rotatable bonds is 11. The first-order chi connectivity index (χ1) is 19.0. The molecule has 0 radical (unpaired) electrons. The van der Waals surface area contributed by atoms with Crippen LogP contribution < -0.4 is 15.5 Å². The molecule has 3 aliphatic rings. The quantitative estimate of drug-likeness (QED) is 0.350. The van der Waals surface area contributed by atoms with Crippen molar-refractivity contribution in [1.29, 1.82) is 0 Å². The molecular formula is C28H39N7O4. The molecule has 2 aromatic rings. The third-order valence-corrected chi connectivity index (χ3v) is 7.55. The lowest BCUT2D eigenvalue weighted by atomic mass is 10.00. The number of anilines is 2. The molecule has 2 fully saturated rings. The topological polar surface area (TPSA) is 123 Å². The van der Waals surface area contributed by atoms with Gasteiger partial charge in [0, 0.05) is 64.8 Å². The third kappa shape index (κ3) is 7.10. The first-order valence-corrected chi connectivity index (χ1v) is 14.0. The summed E-state index contributed by atoms with van der Waals surface area (Å²) < 4.78 is 5.27. The van der Waals surface area contributed by atoms with Gasteiger partial charge in [-0.05, 0) is 17.5 Å². The number of β-amino-alcohol motifs (C(OH)–C–C–N with tert-alkyl or cyclic N) is 1. The Balaban J connectivity index is 1.16. The van der Waals surface area contributed by atoms with Crippen LogP contribution in [0.5, 0.6) is 0 Å². The maximum Gasteiger partial charge on any atom is 0.228 e. The number of carbonyl (C=O) groups excluding carboxylic acids is 2. The number of amides is 1. The van der Waals surface area contributed by atoms with Gasteiger partial charge in [0.2, 0.25) is 11.9 Å². The molecule has 0 bridgehead atoms. The molecule has 2 saturated heterocycles. The second kappa shape index (κ2) is 12.8. The van der Waals surface area contributed by atoms with Crippen molar-refractivity contribution in [3.63, 3.8) is 0 Å². The molecule has 0 spiro atoms. The highest BCUT2D eigenvalue weighted by atomic mass is 16.5. The molecule has 3 N–H and O–H groups in total. The van der Waals surface area contributed by atoms with Crippen LogP contribution >= 0.6 is 0 Å². The van der Waals surface area contributed by atoms with E-state index >= 15 is 0 Å². The number of piperazine rings is 1. The van der Waals surface area contributed by atoms with E-state index in [2.05, 4.69) is 49.8 Å². The highest BCUT2D eigenvalue weighted by Gasteiger charge is 2.25. The number of Topliss-reactive ketones (excluding diaryl/α,β-unsaturated/α-hetero) is 1. The molecule has 1 amide bonds. The molecule has 11 nitrogen and oxygen atoms in total. The standard InChI is InChI=1S/C28H39N7O4/c1-2-27(38)34-9-11-35(12-10-34)28-31-24(13-26(32-28)30-22-18-39-19-22)25(37)15-29-14-23(36)17-33-8-7-20-5-3-4-6-21(20)16-33/h3-6,13,22-23,29,36H,2,7-12,14-19H2,1H3,(H,30,31,32)/t23-/m0/s1. The zero-order chi connectivity index (χ0) is 27.2. The number of benzene rings is 1. The monoisotopic (exact) mass is 537 g/mol. The molecule has 0 unspecified atom stereocenters. The molecule has 4 heterocycles. The first kappa shape index (κ1) is 27.4. The molecule has 1 aromatic heterocycles. The lowest BCUT2D eigenvalue weighted by Crippen LogP contribution is -2.49. The molecule has 5 rings (SSSR count). The van der Waals surface area contributed by atoms with Gasteiger partial charge in [-0.15, -0.1) is 0 Å². The largest absolute Gasteiger partial charge is 0.390 e. The Morgan fingerprint density at radius 3 is 2.59 bits per heavy atom. The molecule has 3 aliphatic heterocycles. The van der Waals surface area contributed by atoms with E-state index in [1.165, 1.54) is 11.1 Å². The summed E-state index contributed by atoms with van der Waals surface area (Å²) in [5.41, 5.74) is 3.02. The predicted molar refractivity (Wildman–Crippen MR) is 148 cm³/mol. The lowest BCUT2D eigenvalue weighted by Gasteiger charge is -2.35. The number of nitrogens with one attached hydrogen (secondary N) is 2. The van der Waals surface area contributed by atoms with Gasteiger partial charge in [-0.25, -0.2) is 4.98 Å². The van der Waals surface area contributed by atoms with E-state index in [0.717, 1.165) is 19.5 Å². The minimum Gasteiger partial charge on any atom is -0.390 e. The van der Waals surface area contributed by atoms with Gasteiger partial charge < -0.3 is 30.3 Å². The molecule has 0 aliphatic carbocycles. The number of aromatic nitrogens is 2. The van der Waals surface area contributed by atoms with Crippen molar-refractivity contribution in [1.82, 2.24) is 25.1 Å². The molecule has 1 aromatic carbocycles. The summed E-state index contributed by atoms with van der Waals surface area (Å²) in [5, 5.41) is 17.0. The lowest BCUT2D eigenvalue weighted by molar-refractivity contribution is -0.131. The fourth-order valence-corrected chi connectivity index (χ4v) is 5.22. The van der Waals surface area contributed by atoms with Gasteiger partial charge in [-0.2, -0.15) is 4.98 Å². The Morgan fingerprint density at radius 1 is 1.10 bits per heavy atom. The maximum atomic E-state index is 13.1. The number of hydrogen-bond acceptors (Lipinski definition) is 10. The summed E-state index contributed by atoms with van der Waals surface area (Å²) in [7, 11) is 0. The molecule has 11 heteroatoms. The average Bonchev–Trinajstić information content (AvgIpc) is 2.94. The summed E-state index contributed by atoms with van der Waals surface area (Å²) in [6, 6.07) is 10.3. The Hall–Kier alpha value is -3.12. The van der Waals surface area contributed by atoms with Crippen LogP contribution in [-0.4, -0.2) is 114 Å². The SMILES string of the molecule is CCC(=O)N1CCN(c2nc(NC3COC3)cc(C(=O)CNC[C@H](O)CN3CCc4ccccc4C3)n2)CC1.